The Hall–Kier alpha value is -2.34. The van der Waals surface area contributed by atoms with Crippen molar-refractivity contribution in [2.75, 3.05) is 12.5 Å². The SMILES string of the molecule is COc1ccc(COc2nc(NN)ncc2C)cc1. The Labute approximate surface area is 111 Å². The van der Waals surface area contributed by atoms with Gasteiger partial charge in [0.25, 0.3) is 0 Å². The Morgan fingerprint density at radius 1 is 1.26 bits per heavy atom. The smallest absolute Gasteiger partial charge is 0.240 e. The average Bonchev–Trinajstić information content (AvgIpc) is 2.47. The molecule has 0 bridgehead atoms. The first kappa shape index (κ1) is 13.1. The first-order chi connectivity index (χ1) is 9.22. The average molecular weight is 260 g/mol. The van der Waals surface area contributed by atoms with E-state index in [1.807, 2.05) is 31.2 Å². The predicted octanol–water partition coefficient (Wildman–Crippen LogP) is 1.66. The molecule has 1 aromatic heterocycles. The lowest BCUT2D eigenvalue weighted by atomic mass is 10.2. The monoisotopic (exact) mass is 260 g/mol. The Morgan fingerprint density at radius 3 is 2.63 bits per heavy atom. The first-order valence-corrected chi connectivity index (χ1v) is 5.79. The fraction of sp³-hybridized carbons (Fsp3) is 0.231. The number of methoxy groups -OCH3 is 1. The molecule has 0 unspecified atom stereocenters. The Morgan fingerprint density at radius 2 is 2.00 bits per heavy atom. The van der Waals surface area contributed by atoms with Crippen molar-refractivity contribution < 1.29 is 9.47 Å². The maximum atomic E-state index is 5.65. The van der Waals surface area contributed by atoms with Crippen molar-refractivity contribution in [2.45, 2.75) is 13.5 Å². The molecule has 6 nitrogen and oxygen atoms in total. The molecule has 0 saturated carbocycles. The highest BCUT2D eigenvalue weighted by Gasteiger charge is 2.04. The summed E-state index contributed by atoms with van der Waals surface area (Å²) >= 11 is 0. The zero-order valence-corrected chi connectivity index (χ0v) is 10.9. The van der Waals surface area contributed by atoms with Crippen molar-refractivity contribution in [2.24, 2.45) is 5.84 Å². The summed E-state index contributed by atoms with van der Waals surface area (Å²) < 4.78 is 10.7. The van der Waals surface area contributed by atoms with Crippen LogP contribution in [-0.4, -0.2) is 17.1 Å². The van der Waals surface area contributed by atoms with E-state index in [2.05, 4.69) is 15.4 Å². The van der Waals surface area contributed by atoms with Crippen LogP contribution < -0.4 is 20.7 Å². The zero-order valence-electron chi connectivity index (χ0n) is 10.9. The van der Waals surface area contributed by atoms with E-state index in [-0.39, 0.29) is 0 Å². The Bertz CT molecular complexity index is 543. The number of nitrogen functional groups attached to an aromatic ring is 1. The van der Waals surface area contributed by atoms with Crippen molar-refractivity contribution in [3.63, 3.8) is 0 Å². The molecule has 6 heteroatoms. The second kappa shape index (κ2) is 6.01. The molecule has 3 N–H and O–H groups in total. The van der Waals surface area contributed by atoms with E-state index >= 15 is 0 Å². The number of anilines is 1. The first-order valence-electron chi connectivity index (χ1n) is 5.79. The van der Waals surface area contributed by atoms with Crippen LogP contribution in [0.3, 0.4) is 0 Å². The largest absolute Gasteiger partial charge is 0.497 e. The Balaban J connectivity index is 2.05. The number of nitrogens with one attached hydrogen (secondary N) is 1. The van der Waals surface area contributed by atoms with Crippen LogP contribution in [-0.2, 0) is 6.61 Å². The van der Waals surface area contributed by atoms with Crippen molar-refractivity contribution in [3.8, 4) is 11.6 Å². The number of aromatic nitrogens is 2. The fourth-order valence-electron chi connectivity index (χ4n) is 1.52. The molecule has 0 radical (unpaired) electrons. The number of rotatable bonds is 5. The highest BCUT2D eigenvalue weighted by Crippen LogP contribution is 2.17. The van der Waals surface area contributed by atoms with Crippen molar-refractivity contribution in [1.82, 2.24) is 9.97 Å². The quantitative estimate of drug-likeness (QED) is 0.628. The van der Waals surface area contributed by atoms with Gasteiger partial charge in [-0.05, 0) is 24.6 Å². The molecule has 0 amide bonds. The van der Waals surface area contributed by atoms with E-state index in [1.54, 1.807) is 13.3 Å². The normalized spacial score (nSPS) is 10.1. The second-order valence-corrected chi connectivity index (χ2v) is 3.96. The van der Waals surface area contributed by atoms with Crippen molar-refractivity contribution in [1.29, 1.82) is 0 Å². The molecule has 19 heavy (non-hydrogen) atoms. The number of hydrazine groups is 1. The van der Waals surface area contributed by atoms with Crippen molar-refractivity contribution in [3.05, 3.63) is 41.6 Å². The van der Waals surface area contributed by atoms with Gasteiger partial charge in [0.05, 0.1) is 7.11 Å². The van der Waals surface area contributed by atoms with Gasteiger partial charge in [-0.1, -0.05) is 12.1 Å². The Kier molecular flexibility index (Phi) is 4.15. The van der Waals surface area contributed by atoms with Gasteiger partial charge >= 0.3 is 0 Å². The van der Waals surface area contributed by atoms with Crippen LogP contribution in [0.25, 0.3) is 0 Å². The van der Waals surface area contributed by atoms with E-state index in [0.717, 1.165) is 16.9 Å². The van der Waals surface area contributed by atoms with E-state index in [4.69, 9.17) is 15.3 Å². The van der Waals surface area contributed by atoms with Crippen LogP contribution in [0, 0.1) is 6.92 Å². The molecular formula is C13H16N4O2. The van der Waals surface area contributed by atoms with Gasteiger partial charge in [-0.2, -0.15) is 4.98 Å². The molecule has 0 atom stereocenters. The summed E-state index contributed by atoms with van der Waals surface area (Å²) in [6.07, 6.45) is 1.66. The number of benzene rings is 1. The summed E-state index contributed by atoms with van der Waals surface area (Å²) in [6.45, 7) is 2.30. The highest BCUT2D eigenvalue weighted by molar-refractivity contribution is 5.32. The van der Waals surface area contributed by atoms with Crippen LogP contribution in [0.5, 0.6) is 11.6 Å². The van der Waals surface area contributed by atoms with Gasteiger partial charge in [0, 0.05) is 11.8 Å². The second-order valence-electron chi connectivity index (χ2n) is 3.96. The zero-order chi connectivity index (χ0) is 13.7. The van der Waals surface area contributed by atoms with E-state index in [0.29, 0.717) is 18.4 Å². The summed E-state index contributed by atoms with van der Waals surface area (Å²) in [6, 6.07) is 7.66. The molecule has 0 aliphatic carbocycles. The topological polar surface area (TPSA) is 82.3 Å². The minimum Gasteiger partial charge on any atom is -0.497 e. The summed E-state index contributed by atoms with van der Waals surface area (Å²) in [5, 5.41) is 0. The lowest BCUT2D eigenvalue weighted by molar-refractivity contribution is 0.291. The summed E-state index contributed by atoms with van der Waals surface area (Å²) in [7, 11) is 1.64. The van der Waals surface area contributed by atoms with Crippen LogP contribution in [0.15, 0.2) is 30.5 Å². The van der Waals surface area contributed by atoms with Gasteiger partial charge in [-0.3, -0.25) is 5.43 Å². The third kappa shape index (κ3) is 3.32. The van der Waals surface area contributed by atoms with Crippen LogP contribution in [0.2, 0.25) is 0 Å². The fourth-order valence-corrected chi connectivity index (χ4v) is 1.52. The van der Waals surface area contributed by atoms with Crippen LogP contribution >= 0.6 is 0 Å². The number of aryl methyl sites for hydroxylation is 1. The molecule has 0 aliphatic rings. The molecule has 1 heterocycles. The molecule has 100 valence electrons. The molecule has 0 spiro atoms. The van der Waals surface area contributed by atoms with Gasteiger partial charge in [0.15, 0.2) is 0 Å². The lowest BCUT2D eigenvalue weighted by Crippen LogP contribution is -2.11. The third-order valence-corrected chi connectivity index (χ3v) is 2.59. The van der Waals surface area contributed by atoms with Crippen LogP contribution in [0.1, 0.15) is 11.1 Å². The van der Waals surface area contributed by atoms with E-state index < -0.39 is 0 Å². The minimum absolute atomic E-state index is 0.329. The molecular weight excluding hydrogens is 244 g/mol. The number of nitrogens with zero attached hydrogens (tertiary/aromatic N) is 2. The standard InChI is InChI=1S/C13H16N4O2/c1-9-7-15-13(17-14)16-12(9)19-8-10-3-5-11(18-2)6-4-10/h3-7H,8,14H2,1-2H3,(H,15,16,17). The van der Waals surface area contributed by atoms with E-state index in [9.17, 15) is 0 Å². The number of hydrogen-bond acceptors (Lipinski definition) is 6. The molecule has 2 rings (SSSR count). The van der Waals surface area contributed by atoms with Gasteiger partial charge in [-0.25, -0.2) is 10.8 Å². The predicted molar refractivity (Wildman–Crippen MR) is 71.9 cm³/mol. The number of ether oxygens (including phenoxy) is 2. The molecule has 2 aromatic rings. The summed E-state index contributed by atoms with van der Waals surface area (Å²) in [4.78, 5) is 8.14. The third-order valence-electron chi connectivity index (χ3n) is 2.59. The molecule has 0 saturated heterocycles. The lowest BCUT2D eigenvalue weighted by Gasteiger charge is -2.09. The van der Waals surface area contributed by atoms with Gasteiger partial charge in [-0.15, -0.1) is 0 Å². The van der Waals surface area contributed by atoms with Crippen molar-refractivity contribution >= 4 is 5.95 Å². The summed E-state index contributed by atoms with van der Waals surface area (Å²) in [5.74, 6) is 6.92. The van der Waals surface area contributed by atoms with Gasteiger partial charge < -0.3 is 9.47 Å². The number of hydrogen-bond donors (Lipinski definition) is 2. The van der Waals surface area contributed by atoms with Gasteiger partial charge in [0.2, 0.25) is 11.8 Å². The van der Waals surface area contributed by atoms with Gasteiger partial charge in [0.1, 0.15) is 12.4 Å². The maximum Gasteiger partial charge on any atom is 0.240 e. The molecule has 1 aromatic carbocycles. The van der Waals surface area contributed by atoms with E-state index in [1.165, 1.54) is 0 Å². The highest BCUT2D eigenvalue weighted by atomic mass is 16.5. The maximum absolute atomic E-state index is 5.65. The number of nitrogens with two attached hydrogens (primary N) is 1. The summed E-state index contributed by atoms with van der Waals surface area (Å²) in [5.41, 5.74) is 4.27. The molecule has 0 aliphatic heterocycles. The minimum atomic E-state index is 0.329. The molecule has 0 fully saturated rings. The van der Waals surface area contributed by atoms with Crippen LogP contribution in [0.4, 0.5) is 5.95 Å².